The summed E-state index contributed by atoms with van der Waals surface area (Å²) in [6, 6.07) is 13.5. The Morgan fingerprint density at radius 1 is 1.05 bits per heavy atom. The molecule has 0 aliphatic carbocycles. The molecule has 1 saturated heterocycles. The highest BCUT2D eigenvalue weighted by atomic mass is 35.5. The van der Waals surface area contributed by atoms with Gasteiger partial charge in [0.05, 0.1) is 11.8 Å². The molecule has 1 atom stereocenters. The van der Waals surface area contributed by atoms with E-state index in [4.69, 9.17) is 23.2 Å². The second kappa shape index (κ2) is 15.1. The molecule has 214 valence electrons. The summed E-state index contributed by atoms with van der Waals surface area (Å²) in [7, 11) is 0. The van der Waals surface area contributed by atoms with E-state index < -0.39 is 6.10 Å². The van der Waals surface area contributed by atoms with Gasteiger partial charge < -0.3 is 19.9 Å². The number of aliphatic hydroxyl groups excluding tert-OH is 1. The molecule has 0 spiro atoms. The number of piperazine rings is 1. The number of imidazole rings is 1. The number of nitrogens with zero attached hydrogens (tertiary/aromatic N) is 4. The minimum absolute atomic E-state index is 0. The topological polar surface area (TPSA) is 73.6 Å². The molecule has 7 nitrogen and oxygen atoms in total. The van der Waals surface area contributed by atoms with Gasteiger partial charge in [0.1, 0.15) is 11.5 Å². The second-order valence-corrected chi connectivity index (χ2v) is 10.4. The summed E-state index contributed by atoms with van der Waals surface area (Å²) in [6.07, 6.45) is 0.991. The predicted octanol–water partition coefficient (Wildman–Crippen LogP) is 5.50. The summed E-state index contributed by atoms with van der Waals surface area (Å²) in [5, 5.41) is 15.0. The third kappa shape index (κ3) is 8.03. The van der Waals surface area contributed by atoms with E-state index in [0.717, 1.165) is 72.5 Å². The molecule has 11 heteroatoms. The van der Waals surface area contributed by atoms with Crippen LogP contribution in [0.4, 0.5) is 5.69 Å². The van der Waals surface area contributed by atoms with Crippen molar-refractivity contribution in [2.24, 2.45) is 0 Å². The molecule has 1 unspecified atom stereocenters. The molecule has 0 saturated carbocycles. The molecule has 0 radical (unpaired) electrons. The van der Waals surface area contributed by atoms with Crippen molar-refractivity contribution in [3.05, 3.63) is 75.3 Å². The summed E-state index contributed by atoms with van der Waals surface area (Å²) in [6.45, 7) is 10.1. The van der Waals surface area contributed by atoms with Crippen molar-refractivity contribution in [2.75, 3.05) is 44.2 Å². The van der Waals surface area contributed by atoms with Crippen LogP contribution in [-0.2, 0) is 6.42 Å². The molecule has 39 heavy (non-hydrogen) atoms. The van der Waals surface area contributed by atoms with Crippen LogP contribution in [0.3, 0.4) is 0 Å². The Kier molecular flexibility index (Phi) is 12.9. The molecule has 1 aliphatic rings. The van der Waals surface area contributed by atoms with Gasteiger partial charge in [0, 0.05) is 67.1 Å². The number of hydrogen-bond acceptors (Lipinski definition) is 5. The summed E-state index contributed by atoms with van der Waals surface area (Å²) in [5.41, 5.74) is 4.33. The molecule has 2 heterocycles. The average molecular weight is 617 g/mol. The van der Waals surface area contributed by atoms with Gasteiger partial charge in [-0.2, -0.15) is 0 Å². The molecule has 1 aromatic heterocycles. The van der Waals surface area contributed by atoms with Crippen molar-refractivity contribution in [1.29, 1.82) is 0 Å². The van der Waals surface area contributed by atoms with E-state index >= 15 is 0 Å². The van der Waals surface area contributed by atoms with Crippen LogP contribution < -0.4 is 10.2 Å². The van der Waals surface area contributed by atoms with Gasteiger partial charge in [0.2, 0.25) is 0 Å². The lowest BCUT2D eigenvalue weighted by Gasteiger charge is -2.37. The van der Waals surface area contributed by atoms with Gasteiger partial charge in [0.15, 0.2) is 0 Å². The molecule has 2 N–H and O–H groups in total. The maximum atomic E-state index is 13.0. The molecular formula is C28H37Cl4N5O2. The first-order valence-corrected chi connectivity index (χ1v) is 13.6. The molecule has 0 bridgehead atoms. The number of benzene rings is 2. The standard InChI is InChI=1S/C28H35Cl2N5O2.2ClH/c1-4-6-26-32-27(20(3)35(26)22-11-9-21(29)10-12-22)28(37)31-17-23(36)18-33-13-15-34(16-14-33)25-8-5-7-24(30)19(25)2;;/h5,7-12,23,36H,4,6,13-18H2,1-3H3,(H,31,37);2*1H. The normalized spacial score (nSPS) is 14.4. The maximum absolute atomic E-state index is 13.0. The van der Waals surface area contributed by atoms with Crippen molar-refractivity contribution in [2.45, 2.75) is 39.7 Å². The third-order valence-corrected chi connectivity index (χ3v) is 7.53. The monoisotopic (exact) mass is 615 g/mol. The number of aryl methyl sites for hydroxylation is 1. The van der Waals surface area contributed by atoms with E-state index in [-0.39, 0.29) is 37.3 Å². The molecule has 3 aromatic rings. The van der Waals surface area contributed by atoms with Crippen LogP contribution in [0, 0.1) is 13.8 Å². The highest BCUT2D eigenvalue weighted by molar-refractivity contribution is 6.31. The van der Waals surface area contributed by atoms with Crippen molar-refractivity contribution in [3.8, 4) is 5.69 Å². The summed E-state index contributed by atoms with van der Waals surface area (Å²) in [4.78, 5) is 22.2. The van der Waals surface area contributed by atoms with Crippen LogP contribution in [0.5, 0.6) is 0 Å². The van der Waals surface area contributed by atoms with E-state index in [9.17, 15) is 9.90 Å². The number of amides is 1. The third-order valence-electron chi connectivity index (χ3n) is 6.87. The number of β-amino-alcohol motifs (C(OH)–C–C–N with tert-alkyl or cyclic N) is 1. The fourth-order valence-electron chi connectivity index (χ4n) is 4.87. The lowest BCUT2D eigenvalue weighted by Crippen LogP contribution is -2.50. The number of halogens is 4. The smallest absolute Gasteiger partial charge is 0.271 e. The first-order chi connectivity index (χ1) is 17.8. The number of aliphatic hydroxyl groups is 1. The Labute approximate surface area is 253 Å². The number of aromatic nitrogens is 2. The molecule has 1 aliphatic heterocycles. The number of rotatable bonds is 9. The van der Waals surface area contributed by atoms with E-state index in [1.807, 2.05) is 54.8 Å². The fourth-order valence-corrected chi connectivity index (χ4v) is 5.16. The number of carbonyl (C=O) groups is 1. The van der Waals surface area contributed by atoms with Crippen molar-refractivity contribution in [1.82, 2.24) is 19.8 Å². The highest BCUT2D eigenvalue weighted by Crippen LogP contribution is 2.27. The van der Waals surface area contributed by atoms with Gasteiger partial charge in [-0.05, 0) is 62.2 Å². The van der Waals surface area contributed by atoms with E-state index in [2.05, 4.69) is 33.1 Å². The molecule has 1 fully saturated rings. The van der Waals surface area contributed by atoms with Gasteiger partial charge in [0.25, 0.3) is 5.91 Å². The van der Waals surface area contributed by atoms with Crippen LogP contribution in [0.1, 0.15) is 40.9 Å². The zero-order chi connectivity index (χ0) is 26.5. The summed E-state index contributed by atoms with van der Waals surface area (Å²) >= 11 is 12.4. The Morgan fingerprint density at radius 3 is 2.36 bits per heavy atom. The Bertz CT molecular complexity index is 1230. The first kappa shape index (κ1) is 33.2. The first-order valence-electron chi connectivity index (χ1n) is 12.8. The molecule has 4 rings (SSSR count). The van der Waals surface area contributed by atoms with E-state index in [1.165, 1.54) is 0 Å². The number of carbonyl (C=O) groups excluding carboxylic acids is 1. The van der Waals surface area contributed by atoms with Crippen molar-refractivity contribution in [3.63, 3.8) is 0 Å². The highest BCUT2D eigenvalue weighted by Gasteiger charge is 2.23. The average Bonchev–Trinajstić information content (AvgIpc) is 3.21. The van der Waals surface area contributed by atoms with Gasteiger partial charge in [-0.25, -0.2) is 4.98 Å². The number of anilines is 1. The van der Waals surface area contributed by atoms with Gasteiger partial charge in [-0.1, -0.05) is 36.2 Å². The minimum atomic E-state index is -0.669. The Morgan fingerprint density at radius 2 is 1.72 bits per heavy atom. The summed E-state index contributed by atoms with van der Waals surface area (Å²) < 4.78 is 2.01. The quantitative estimate of drug-likeness (QED) is 0.332. The maximum Gasteiger partial charge on any atom is 0.271 e. The minimum Gasteiger partial charge on any atom is -0.390 e. The Hall–Kier alpha value is -2.00. The van der Waals surface area contributed by atoms with E-state index in [0.29, 0.717) is 17.3 Å². The van der Waals surface area contributed by atoms with Crippen LogP contribution in [0.2, 0.25) is 10.0 Å². The number of hydrogen-bond donors (Lipinski definition) is 2. The molecule has 2 aromatic carbocycles. The van der Waals surface area contributed by atoms with E-state index in [1.54, 1.807) is 0 Å². The lowest BCUT2D eigenvalue weighted by molar-refractivity contribution is 0.0847. The van der Waals surface area contributed by atoms with Crippen LogP contribution in [0.25, 0.3) is 5.69 Å². The van der Waals surface area contributed by atoms with Crippen LogP contribution in [-0.4, -0.2) is 70.8 Å². The molecule has 1 amide bonds. The van der Waals surface area contributed by atoms with Gasteiger partial charge in [-0.15, -0.1) is 24.8 Å². The van der Waals surface area contributed by atoms with Crippen molar-refractivity contribution < 1.29 is 9.90 Å². The van der Waals surface area contributed by atoms with Crippen molar-refractivity contribution >= 4 is 59.6 Å². The largest absolute Gasteiger partial charge is 0.390 e. The zero-order valence-corrected chi connectivity index (χ0v) is 25.6. The fraction of sp³-hybridized carbons (Fsp3) is 0.429. The molecular weight excluding hydrogens is 580 g/mol. The Balaban J connectivity index is 0.00000267. The lowest BCUT2D eigenvalue weighted by atomic mass is 10.1. The zero-order valence-electron chi connectivity index (χ0n) is 22.5. The van der Waals surface area contributed by atoms with Gasteiger partial charge >= 0.3 is 0 Å². The summed E-state index contributed by atoms with van der Waals surface area (Å²) in [5.74, 6) is 0.559. The SMILES string of the molecule is CCCc1nc(C(=O)NCC(O)CN2CCN(c3cccc(Cl)c3C)CC2)c(C)n1-c1ccc(Cl)cc1.Cl.Cl. The number of nitrogens with one attached hydrogen (secondary N) is 1. The van der Waals surface area contributed by atoms with Crippen LogP contribution in [0.15, 0.2) is 42.5 Å². The van der Waals surface area contributed by atoms with Gasteiger partial charge in [-0.3, -0.25) is 9.69 Å². The second-order valence-electron chi connectivity index (χ2n) is 9.56. The predicted molar refractivity (Wildman–Crippen MR) is 165 cm³/mol. The van der Waals surface area contributed by atoms with Crippen LogP contribution >= 0.6 is 48.0 Å².